The Hall–Kier alpha value is -6.84. The van der Waals surface area contributed by atoms with E-state index in [1.54, 1.807) is 0 Å². The van der Waals surface area contributed by atoms with Gasteiger partial charge in [0.05, 0.1) is 17.1 Å². The van der Waals surface area contributed by atoms with Crippen LogP contribution in [0.25, 0.3) is 54.3 Å². The molecule has 9 aromatic carbocycles. The highest BCUT2D eigenvalue weighted by molar-refractivity contribution is 6.19. The molecule has 1 aliphatic heterocycles. The number of hydrogen-bond acceptors (Lipinski definition) is 3. The van der Waals surface area contributed by atoms with E-state index in [0.29, 0.717) is 0 Å². The van der Waals surface area contributed by atoms with Crippen LogP contribution in [-0.2, 0) is 5.41 Å². The maximum Gasteiger partial charge on any atom is 0.137 e. The van der Waals surface area contributed by atoms with Crippen LogP contribution in [0.15, 0.2) is 186 Å². The molecule has 0 spiro atoms. The van der Waals surface area contributed by atoms with Gasteiger partial charge < -0.3 is 14.2 Å². The van der Waals surface area contributed by atoms with Crippen molar-refractivity contribution in [3.8, 4) is 0 Å². The highest BCUT2D eigenvalue weighted by atomic mass is 16.3. The molecule has 0 N–H and O–H groups in total. The summed E-state index contributed by atoms with van der Waals surface area (Å²) in [5.41, 5.74) is 11.0. The summed E-state index contributed by atoms with van der Waals surface area (Å²) in [6.07, 6.45) is 0. The molecular formula is C51H36N2O. The van der Waals surface area contributed by atoms with Crippen molar-refractivity contribution < 1.29 is 4.42 Å². The summed E-state index contributed by atoms with van der Waals surface area (Å²) in [7, 11) is 0. The molecule has 1 aromatic heterocycles. The van der Waals surface area contributed by atoms with Gasteiger partial charge in [-0.05, 0) is 98.7 Å². The molecule has 0 radical (unpaired) electrons. The molecule has 0 aliphatic carbocycles. The van der Waals surface area contributed by atoms with Gasteiger partial charge in [0.2, 0.25) is 0 Å². The molecule has 10 aromatic rings. The Labute approximate surface area is 313 Å². The summed E-state index contributed by atoms with van der Waals surface area (Å²) < 4.78 is 6.64. The SMILES string of the molecule is CC1(C)c2ccccc2N(c2ccc3cc(N(c4ccccc4)c4cccc5ccccc45)ccc3c2)c2cc3oc4ccc5ccccc5c4c3cc21. The third-order valence-corrected chi connectivity index (χ3v) is 11.6. The van der Waals surface area contributed by atoms with Gasteiger partial charge in [-0.25, -0.2) is 0 Å². The quantitative estimate of drug-likeness (QED) is 0.183. The van der Waals surface area contributed by atoms with Crippen LogP contribution < -0.4 is 9.80 Å². The van der Waals surface area contributed by atoms with Gasteiger partial charge in [-0.15, -0.1) is 0 Å². The predicted octanol–water partition coefficient (Wildman–Crippen LogP) is 14.6. The first-order valence-electron chi connectivity index (χ1n) is 18.7. The highest BCUT2D eigenvalue weighted by Crippen LogP contribution is 2.54. The smallest absolute Gasteiger partial charge is 0.137 e. The van der Waals surface area contributed by atoms with Crippen LogP contribution in [0.4, 0.5) is 34.1 Å². The van der Waals surface area contributed by atoms with E-state index < -0.39 is 0 Å². The fourth-order valence-corrected chi connectivity index (χ4v) is 8.92. The third-order valence-electron chi connectivity index (χ3n) is 11.6. The predicted molar refractivity (Wildman–Crippen MR) is 228 cm³/mol. The molecule has 2 heterocycles. The first kappa shape index (κ1) is 30.8. The van der Waals surface area contributed by atoms with E-state index in [4.69, 9.17) is 4.42 Å². The average molecular weight is 693 g/mol. The highest BCUT2D eigenvalue weighted by Gasteiger charge is 2.37. The monoisotopic (exact) mass is 692 g/mol. The first-order chi connectivity index (χ1) is 26.5. The maximum absolute atomic E-state index is 6.64. The average Bonchev–Trinajstić information content (AvgIpc) is 3.59. The van der Waals surface area contributed by atoms with Gasteiger partial charge in [-0.3, -0.25) is 0 Å². The topological polar surface area (TPSA) is 19.6 Å². The van der Waals surface area contributed by atoms with E-state index in [1.165, 1.54) is 54.5 Å². The molecule has 0 atom stereocenters. The summed E-state index contributed by atoms with van der Waals surface area (Å²) in [5, 5.41) is 9.59. The number of rotatable bonds is 4. The van der Waals surface area contributed by atoms with Crippen molar-refractivity contribution in [3.05, 3.63) is 193 Å². The zero-order valence-electron chi connectivity index (χ0n) is 30.1. The van der Waals surface area contributed by atoms with Crippen LogP contribution in [0.5, 0.6) is 0 Å². The second-order valence-electron chi connectivity index (χ2n) is 15.0. The summed E-state index contributed by atoms with van der Waals surface area (Å²) in [6, 6.07) is 66.0. The molecule has 3 nitrogen and oxygen atoms in total. The molecule has 0 amide bonds. The molecule has 11 rings (SSSR count). The number of para-hydroxylation sites is 2. The zero-order valence-corrected chi connectivity index (χ0v) is 30.1. The number of fused-ring (bicyclic) bond motifs is 9. The molecule has 54 heavy (non-hydrogen) atoms. The Kier molecular flexibility index (Phi) is 6.60. The maximum atomic E-state index is 6.64. The standard InChI is InChI=1S/C51H36N2O/c1-51(2)43-20-10-11-21-46(43)53(47-32-49-42(31-44(47)51)50-41-19-9-7-14-34(41)25-28-48(50)54-49)39-27-24-35-29-38(26-23-36(35)30-39)52(37-16-4-3-5-17-37)45-22-12-15-33-13-6-8-18-40(33)45/h3-32H,1-2H3. The Morgan fingerprint density at radius 2 is 1.13 bits per heavy atom. The Morgan fingerprint density at radius 3 is 2.00 bits per heavy atom. The fourth-order valence-electron chi connectivity index (χ4n) is 8.92. The Balaban J connectivity index is 1.08. The van der Waals surface area contributed by atoms with Gasteiger partial charge in [0.15, 0.2) is 0 Å². The fraction of sp³-hybridized carbons (Fsp3) is 0.0588. The number of furan rings is 1. The van der Waals surface area contributed by atoms with Crippen molar-refractivity contribution in [2.75, 3.05) is 9.80 Å². The molecule has 1 aliphatic rings. The van der Waals surface area contributed by atoms with Crippen LogP contribution in [0.1, 0.15) is 25.0 Å². The molecular weight excluding hydrogens is 657 g/mol. The lowest BCUT2D eigenvalue weighted by molar-refractivity contribution is 0.630. The minimum atomic E-state index is -0.223. The normalized spacial score (nSPS) is 13.5. The Bertz CT molecular complexity index is 3100. The molecule has 0 saturated carbocycles. The molecule has 0 bridgehead atoms. The number of anilines is 6. The molecule has 3 heteroatoms. The van der Waals surface area contributed by atoms with Gasteiger partial charge in [-0.1, -0.05) is 129 Å². The summed E-state index contributed by atoms with van der Waals surface area (Å²) in [5.74, 6) is 0. The lowest BCUT2D eigenvalue weighted by Crippen LogP contribution is -2.30. The van der Waals surface area contributed by atoms with Crippen LogP contribution in [-0.4, -0.2) is 0 Å². The first-order valence-corrected chi connectivity index (χ1v) is 18.7. The third kappa shape index (κ3) is 4.55. The van der Waals surface area contributed by atoms with Gasteiger partial charge in [-0.2, -0.15) is 0 Å². The van der Waals surface area contributed by atoms with Gasteiger partial charge in [0.25, 0.3) is 0 Å². The molecule has 256 valence electrons. The largest absolute Gasteiger partial charge is 0.456 e. The van der Waals surface area contributed by atoms with Crippen molar-refractivity contribution >= 4 is 88.4 Å². The second kappa shape index (κ2) is 11.6. The minimum absolute atomic E-state index is 0.223. The van der Waals surface area contributed by atoms with Crippen LogP contribution in [0.3, 0.4) is 0 Å². The number of benzene rings is 9. The lowest BCUT2D eigenvalue weighted by atomic mass is 9.73. The molecule has 0 unspecified atom stereocenters. The number of hydrogen-bond donors (Lipinski definition) is 0. The van der Waals surface area contributed by atoms with E-state index in [9.17, 15) is 0 Å². The van der Waals surface area contributed by atoms with Crippen molar-refractivity contribution in [2.45, 2.75) is 19.3 Å². The van der Waals surface area contributed by atoms with Crippen LogP contribution in [0, 0.1) is 0 Å². The second-order valence-corrected chi connectivity index (χ2v) is 15.0. The summed E-state index contributed by atoms with van der Waals surface area (Å²) >= 11 is 0. The Morgan fingerprint density at radius 1 is 0.444 bits per heavy atom. The van der Waals surface area contributed by atoms with Crippen molar-refractivity contribution in [3.63, 3.8) is 0 Å². The van der Waals surface area contributed by atoms with E-state index in [-0.39, 0.29) is 5.41 Å². The number of nitrogens with zero attached hydrogens (tertiary/aromatic N) is 2. The van der Waals surface area contributed by atoms with E-state index in [0.717, 1.165) is 45.0 Å². The zero-order chi connectivity index (χ0) is 36.0. The van der Waals surface area contributed by atoms with Crippen LogP contribution in [0.2, 0.25) is 0 Å². The van der Waals surface area contributed by atoms with E-state index >= 15 is 0 Å². The lowest BCUT2D eigenvalue weighted by Gasteiger charge is -2.42. The van der Waals surface area contributed by atoms with Crippen molar-refractivity contribution in [2.24, 2.45) is 0 Å². The van der Waals surface area contributed by atoms with Crippen LogP contribution >= 0.6 is 0 Å². The van der Waals surface area contributed by atoms with Gasteiger partial charge in [0, 0.05) is 44.7 Å². The molecule has 0 fully saturated rings. The van der Waals surface area contributed by atoms with Gasteiger partial charge >= 0.3 is 0 Å². The van der Waals surface area contributed by atoms with Crippen molar-refractivity contribution in [1.29, 1.82) is 0 Å². The minimum Gasteiger partial charge on any atom is -0.456 e. The van der Waals surface area contributed by atoms with Gasteiger partial charge in [0.1, 0.15) is 11.2 Å². The van der Waals surface area contributed by atoms with Crippen molar-refractivity contribution in [1.82, 2.24) is 0 Å². The summed E-state index contributed by atoms with van der Waals surface area (Å²) in [4.78, 5) is 4.80. The summed E-state index contributed by atoms with van der Waals surface area (Å²) in [6.45, 7) is 4.70. The van der Waals surface area contributed by atoms with E-state index in [2.05, 4.69) is 206 Å². The van der Waals surface area contributed by atoms with E-state index in [1.807, 2.05) is 0 Å². The molecule has 0 saturated heterocycles.